The normalized spacial score (nSPS) is 16.2. The molecule has 0 unspecified atom stereocenters. The van der Waals surface area contributed by atoms with Gasteiger partial charge in [-0.2, -0.15) is 5.10 Å². The molecule has 0 radical (unpaired) electrons. The number of rotatable bonds is 5. The molecule has 0 atom stereocenters. The van der Waals surface area contributed by atoms with Crippen molar-refractivity contribution in [1.29, 1.82) is 0 Å². The van der Waals surface area contributed by atoms with Crippen LogP contribution in [-0.2, 0) is 11.3 Å². The molecular formula is C16H22N4OS2. The minimum absolute atomic E-state index is 0.108. The Hall–Kier alpha value is -1.47. The maximum Gasteiger partial charge on any atom is 0.222 e. The van der Waals surface area contributed by atoms with Crippen LogP contribution in [0, 0.1) is 4.77 Å². The van der Waals surface area contributed by atoms with Crippen molar-refractivity contribution in [1.82, 2.24) is 20.1 Å². The van der Waals surface area contributed by atoms with Crippen LogP contribution >= 0.6 is 23.6 Å². The molecule has 2 N–H and O–H groups in total. The van der Waals surface area contributed by atoms with Crippen molar-refractivity contribution in [3.05, 3.63) is 22.3 Å². The summed E-state index contributed by atoms with van der Waals surface area (Å²) in [6.07, 6.45) is 7.68. The first-order valence-corrected chi connectivity index (χ1v) is 9.51. The molecule has 2 aromatic rings. The average Bonchev–Trinajstić information content (AvgIpc) is 3.11. The van der Waals surface area contributed by atoms with Gasteiger partial charge in [0.1, 0.15) is 0 Å². The van der Waals surface area contributed by atoms with Crippen molar-refractivity contribution in [3.63, 3.8) is 0 Å². The average molecular weight is 351 g/mol. The first-order valence-electron chi connectivity index (χ1n) is 8.22. The highest BCUT2D eigenvalue weighted by Gasteiger charge is 2.16. The number of carbonyl (C=O) groups is 1. The molecule has 0 aliphatic heterocycles. The van der Waals surface area contributed by atoms with Crippen LogP contribution in [-0.4, -0.2) is 26.7 Å². The smallest absolute Gasteiger partial charge is 0.222 e. The van der Waals surface area contributed by atoms with E-state index in [2.05, 4.69) is 15.5 Å². The monoisotopic (exact) mass is 350 g/mol. The summed E-state index contributed by atoms with van der Waals surface area (Å²) >= 11 is 6.91. The Morgan fingerprint density at radius 1 is 1.39 bits per heavy atom. The van der Waals surface area contributed by atoms with Crippen LogP contribution in [0.5, 0.6) is 0 Å². The quantitative estimate of drug-likeness (QED) is 0.635. The summed E-state index contributed by atoms with van der Waals surface area (Å²) in [6, 6.07) is 4.34. The van der Waals surface area contributed by atoms with E-state index in [1.54, 1.807) is 11.3 Å². The number of amides is 1. The highest BCUT2D eigenvalue weighted by atomic mass is 32.1. The van der Waals surface area contributed by atoms with Crippen molar-refractivity contribution in [2.75, 3.05) is 0 Å². The fraction of sp³-hybridized carbons (Fsp3) is 0.562. The molecular weight excluding hydrogens is 328 g/mol. The van der Waals surface area contributed by atoms with E-state index in [0.29, 0.717) is 23.8 Å². The van der Waals surface area contributed by atoms with E-state index >= 15 is 0 Å². The van der Waals surface area contributed by atoms with E-state index in [9.17, 15) is 4.79 Å². The van der Waals surface area contributed by atoms with Gasteiger partial charge in [0.05, 0.1) is 4.88 Å². The second-order valence-electron chi connectivity index (χ2n) is 5.99. The van der Waals surface area contributed by atoms with Crippen molar-refractivity contribution < 1.29 is 4.79 Å². The summed E-state index contributed by atoms with van der Waals surface area (Å²) in [6.45, 7) is 0.557. The Balaban J connectivity index is 1.59. The number of carbonyl (C=O) groups excluding carboxylic acids is 1. The van der Waals surface area contributed by atoms with E-state index in [1.165, 1.54) is 25.7 Å². The summed E-state index contributed by atoms with van der Waals surface area (Å²) in [5.41, 5.74) is 0. The van der Waals surface area contributed by atoms with Crippen LogP contribution in [0.1, 0.15) is 44.9 Å². The lowest BCUT2D eigenvalue weighted by Gasteiger charge is -2.16. The molecule has 1 aliphatic carbocycles. The third-order valence-corrected chi connectivity index (χ3v) is 5.46. The van der Waals surface area contributed by atoms with Crippen molar-refractivity contribution in [2.45, 2.75) is 57.5 Å². The molecule has 0 aromatic carbocycles. The molecule has 1 saturated carbocycles. The first kappa shape index (κ1) is 16.4. The number of aromatic amines is 1. The molecule has 5 nitrogen and oxygen atoms in total. The predicted molar refractivity (Wildman–Crippen MR) is 95.0 cm³/mol. The van der Waals surface area contributed by atoms with E-state index in [1.807, 2.05) is 22.1 Å². The summed E-state index contributed by atoms with van der Waals surface area (Å²) in [5.74, 6) is 0.921. The third kappa shape index (κ3) is 4.29. The second-order valence-corrected chi connectivity index (χ2v) is 7.32. The number of aromatic nitrogens is 3. The lowest BCUT2D eigenvalue weighted by molar-refractivity contribution is -0.122. The van der Waals surface area contributed by atoms with Gasteiger partial charge in [0.25, 0.3) is 0 Å². The molecule has 1 aliphatic rings. The van der Waals surface area contributed by atoms with Gasteiger partial charge in [-0.15, -0.1) is 11.3 Å². The molecule has 3 rings (SSSR count). The van der Waals surface area contributed by atoms with Gasteiger partial charge in [0, 0.05) is 19.0 Å². The van der Waals surface area contributed by atoms with Gasteiger partial charge in [0.15, 0.2) is 10.6 Å². The lowest BCUT2D eigenvalue weighted by Crippen LogP contribution is -2.34. The molecule has 2 aromatic heterocycles. The zero-order chi connectivity index (χ0) is 16.1. The molecule has 1 fully saturated rings. The standard InChI is InChI=1S/C16H22N4OS2/c21-14(17-12-6-3-1-2-4-7-12)9-10-20-15(18-19-16(20)22)13-8-5-11-23-13/h5,8,11-12H,1-4,6-7,9-10H2,(H,17,21)(H,19,22). The molecule has 124 valence electrons. The maximum atomic E-state index is 12.2. The Morgan fingerprint density at radius 3 is 2.87 bits per heavy atom. The van der Waals surface area contributed by atoms with Gasteiger partial charge >= 0.3 is 0 Å². The highest BCUT2D eigenvalue weighted by molar-refractivity contribution is 7.71. The number of nitrogens with one attached hydrogen (secondary N) is 2. The topological polar surface area (TPSA) is 62.7 Å². The van der Waals surface area contributed by atoms with E-state index in [4.69, 9.17) is 12.2 Å². The van der Waals surface area contributed by atoms with Gasteiger partial charge in [-0.25, -0.2) is 0 Å². The molecule has 0 spiro atoms. The largest absolute Gasteiger partial charge is 0.353 e. The summed E-state index contributed by atoms with van der Waals surface area (Å²) in [4.78, 5) is 13.3. The maximum absolute atomic E-state index is 12.2. The van der Waals surface area contributed by atoms with Gasteiger partial charge < -0.3 is 5.32 Å². The Morgan fingerprint density at radius 2 is 2.17 bits per heavy atom. The molecule has 7 heteroatoms. The van der Waals surface area contributed by atoms with E-state index in [-0.39, 0.29) is 5.91 Å². The van der Waals surface area contributed by atoms with Crippen LogP contribution in [0.4, 0.5) is 0 Å². The van der Waals surface area contributed by atoms with Crippen molar-refractivity contribution >= 4 is 29.5 Å². The molecule has 0 bridgehead atoms. The van der Waals surface area contributed by atoms with E-state index < -0.39 is 0 Å². The third-order valence-electron chi connectivity index (χ3n) is 4.28. The Labute approximate surface area is 145 Å². The summed E-state index contributed by atoms with van der Waals surface area (Å²) in [7, 11) is 0. The SMILES string of the molecule is O=C(CCn1c(-c2cccs2)n[nH]c1=S)NC1CCCCCC1. The Bertz CT molecular complexity index is 681. The van der Waals surface area contributed by atoms with Crippen molar-refractivity contribution in [3.8, 4) is 10.7 Å². The van der Waals surface area contributed by atoms with Gasteiger partial charge in [0.2, 0.25) is 5.91 Å². The van der Waals surface area contributed by atoms with Crippen LogP contribution in [0.25, 0.3) is 10.7 Å². The lowest BCUT2D eigenvalue weighted by atomic mass is 10.1. The highest BCUT2D eigenvalue weighted by Crippen LogP contribution is 2.23. The van der Waals surface area contributed by atoms with Crippen LogP contribution < -0.4 is 5.32 Å². The second kappa shape index (κ2) is 7.88. The zero-order valence-electron chi connectivity index (χ0n) is 13.1. The number of nitrogens with zero attached hydrogens (tertiary/aromatic N) is 2. The van der Waals surface area contributed by atoms with E-state index in [0.717, 1.165) is 23.5 Å². The Kier molecular flexibility index (Phi) is 5.61. The first-order chi connectivity index (χ1) is 11.2. The van der Waals surface area contributed by atoms with Crippen LogP contribution in [0.3, 0.4) is 0 Å². The minimum atomic E-state index is 0.108. The molecule has 23 heavy (non-hydrogen) atoms. The fourth-order valence-electron chi connectivity index (χ4n) is 3.06. The molecule has 2 heterocycles. The summed E-state index contributed by atoms with van der Waals surface area (Å²) < 4.78 is 2.48. The van der Waals surface area contributed by atoms with Crippen molar-refractivity contribution in [2.24, 2.45) is 0 Å². The number of H-pyrrole nitrogens is 1. The van der Waals surface area contributed by atoms with Crippen LogP contribution in [0.15, 0.2) is 17.5 Å². The minimum Gasteiger partial charge on any atom is -0.353 e. The zero-order valence-corrected chi connectivity index (χ0v) is 14.7. The molecule has 1 amide bonds. The number of hydrogen-bond donors (Lipinski definition) is 2. The molecule has 0 saturated heterocycles. The number of thiophene rings is 1. The van der Waals surface area contributed by atoms with Gasteiger partial charge in [-0.05, 0) is 36.5 Å². The van der Waals surface area contributed by atoms with Gasteiger partial charge in [-0.1, -0.05) is 31.7 Å². The fourth-order valence-corrected chi connectivity index (χ4v) is 4.00. The van der Waals surface area contributed by atoms with Crippen LogP contribution in [0.2, 0.25) is 0 Å². The van der Waals surface area contributed by atoms with Gasteiger partial charge in [-0.3, -0.25) is 14.5 Å². The number of hydrogen-bond acceptors (Lipinski definition) is 4. The predicted octanol–water partition coefficient (Wildman–Crippen LogP) is 3.90. The summed E-state index contributed by atoms with van der Waals surface area (Å²) in [5, 5.41) is 12.3.